The summed E-state index contributed by atoms with van der Waals surface area (Å²) in [6.07, 6.45) is 11.9. The molecule has 0 saturated carbocycles. The number of aliphatic hydroxyl groups excluding tert-OH is 1. The van der Waals surface area contributed by atoms with Crippen LogP contribution in [0.25, 0.3) is 0 Å². The van der Waals surface area contributed by atoms with Crippen molar-refractivity contribution in [1.82, 2.24) is 0 Å². The molecule has 0 aromatic heterocycles. The molecule has 4 aromatic carbocycles. The number of hydrogen-bond acceptors (Lipinski definition) is 4. The van der Waals surface area contributed by atoms with Gasteiger partial charge in [-0.2, -0.15) is 0 Å². The Morgan fingerprint density at radius 1 is 0.409 bits per heavy atom. The summed E-state index contributed by atoms with van der Waals surface area (Å²) in [6, 6.07) is 31.9. The molecule has 0 bridgehead atoms. The number of benzene rings is 4. The lowest BCUT2D eigenvalue weighted by molar-refractivity contribution is 0.0890. The number of hydrogen-bond donors (Lipinski definition) is 1. The first kappa shape index (κ1) is 31.3. The fourth-order valence-corrected chi connectivity index (χ4v) is 6.45. The van der Waals surface area contributed by atoms with Crippen molar-refractivity contribution in [3.8, 4) is 0 Å². The molecule has 4 heteroatoms. The quantitative estimate of drug-likeness (QED) is 0.224. The minimum absolute atomic E-state index is 0.0881. The molecule has 0 heterocycles. The number of ketones is 3. The summed E-state index contributed by atoms with van der Waals surface area (Å²) in [5, 5.41) is 9.56. The molecule has 0 saturated heterocycles. The van der Waals surface area contributed by atoms with E-state index in [1.807, 2.05) is 42.5 Å². The van der Waals surface area contributed by atoms with Gasteiger partial charge in [-0.25, -0.2) is 0 Å². The Hall–Kier alpha value is -4.15. The summed E-state index contributed by atoms with van der Waals surface area (Å²) < 4.78 is 0. The van der Waals surface area contributed by atoms with E-state index in [1.54, 1.807) is 35.4 Å². The lowest BCUT2D eigenvalue weighted by Gasteiger charge is -2.20. The first-order chi connectivity index (χ1) is 21.5. The molecule has 0 radical (unpaired) electrons. The van der Waals surface area contributed by atoms with Gasteiger partial charge in [0.25, 0.3) is 0 Å². The molecule has 8 rings (SSSR count). The van der Waals surface area contributed by atoms with E-state index in [0.29, 0.717) is 29.8 Å². The third-order valence-corrected chi connectivity index (χ3v) is 8.87. The largest absolute Gasteiger partial charge is 0.388 e. The van der Waals surface area contributed by atoms with Gasteiger partial charge in [0.05, 0.1) is 6.10 Å². The van der Waals surface area contributed by atoms with Crippen LogP contribution in [0.2, 0.25) is 0 Å². The van der Waals surface area contributed by atoms with E-state index < -0.39 is 0 Å². The predicted molar refractivity (Wildman–Crippen MR) is 175 cm³/mol. The first-order valence-electron chi connectivity index (χ1n) is 16.1. The summed E-state index contributed by atoms with van der Waals surface area (Å²) >= 11 is 0. The monoisotopic (exact) mass is 586 g/mol. The Morgan fingerprint density at radius 2 is 0.841 bits per heavy atom. The highest BCUT2D eigenvalue weighted by molar-refractivity contribution is 6.13. The fourth-order valence-electron chi connectivity index (χ4n) is 6.45. The third kappa shape index (κ3) is 8.06. The molecular formula is C40H42O4. The van der Waals surface area contributed by atoms with Crippen LogP contribution in [0.15, 0.2) is 97.1 Å². The van der Waals surface area contributed by atoms with Crippen molar-refractivity contribution in [2.24, 2.45) is 0 Å². The maximum absolute atomic E-state index is 11.3. The van der Waals surface area contributed by atoms with Crippen molar-refractivity contribution >= 4 is 17.3 Å². The average Bonchev–Trinajstić information content (AvgIpc) is 3.08. The molecule has 4 nitrogen and oxygen atoms in total. The van der Waals surface area contributed by atoms with Crippen molar-refractivity contribution in [2.45, 2.75) is 83.2 Å². The van der Waals surface area contributed by atoms with E-state index in [4.69, 9.17) is 0 Å². The van der Waals surface area contributed by atoms with Crippen LogP contribution in [0, 0.1) is 0 Å². The smallest absolute Gasteiger partial charge is 0.164 e. The highest BCUT2D eigenvalue weighted by Gasteiger charge is 2.22. The van der Waals surface area contributed by atoms with Crippen molar-refractivity contribution in [3.05, 3.63) is 142 Å². The second kappa shape index (κ2) is 15.5. The molecule has 0 amide bonds. The van der Waals surface area contributed by atoms with E-state index in [2.05, 4.69) is 30.3 Å². The van der Waals surface area contributed by atoms with Crippen molar-refractivity contribution in [2.75, 3.05) is 0 Å². The van der Waals surface area contributed by atoms with Crippen LogP contribution < -0.4 is 0 Å². The van der Waals surface area contributed by atoms with Gasteiger partial charge in [0.2, 0.25) is 0 Å². The molecular weight excluding hydrogens is 544 g/mol. The summed E-state index contributed by atoms with van der Waals surface area (Å²) in [6.45, 7) is 0. The van der Waals surface area contributed by atoms with Crippen LogP contribution in [0.3, 0.4) is 0 Å². The van der Waals surface area contributed by atoms with Gasteiger partial charge in [0.1, 0.15) is 0 Å². The number of carbonyl (C=O) groups excluding carboxylic acids is 3. The summed E-state index contributed by atoms with van der Waals surface area (Å²) in [5.74, 6) is 0.488. The molecule has 0 spiro atoms. The summed E-state index contributed by atoms with van der Waals surface area (Å²) in [5.41, 5.74) is 8.97. The topological polar surface area (TPSA) is 71.4 Å². The Balaban J connectivity index is 0.000000117. The van der Waals surface area contributed by atoms with Gasteiger partial charge in [-0.05, 0) is 85.6 Å². The SMILES string of the molecule is O=C1CCC(=O)c2ccccc21.O=C1CCCc2ccccc21.OC1CCCc2ccccc21.c1ccc2c(c1)CCCC2. The highest BCUT2D eigenvalue weighted by atomic mass is 16.3. The van der Waals surface area contributed by atoms with Crippen LogP contribution >= 0.6 is 0 Å². The maximum Gasteiger partial charge on any atom is 0.164 e. The highest BCUT2D eigenvalue weighted by Crippen LogP contribution is 2.28. The second-order valence-electron chi connectivity index (χ2n) is 11.9. The van der Waals surface area contributed by atoms with Crippen LogP contribution in [0.5, 0.6) is 0 Å². The minimum atomic E-state index is -0.208. The van der Waals surface area contributed by atoms with Gasteiger partial charge in [-0.15, -0.1) is 0 Å². The Labute approximate surface area is 261 Å². The van der Waals surface area contributed by atoms with Crippen molar-refractivity contribution in [3.63, 3.8) is 0 Å². The standard InChI is InChI=1S/C10H8O2.C10H12O.C10H10O.C10H12/c11-9-5-6-10(12)8-4-2-1-3-7(8)9;2*11-10-7-3-5-8-4-1-2-6-9(8)10;1-2-6-10-8-4-3-7-9(10)5-1/h1-4H,5-6H2;1-2,4,6,10-11H,3,5,7H2;1-2,4,6H,3,5,7H2;1-2,5-6H,3-4,7-8H2. The lowest BCUT2D eigenvalue weighted by atomic mass is 9.90. The number of aryl methyl sites for hydroxylation is 4. The maximum atomic E-state index is 11.3. The number of carbonyl (C=O) groups is 3. The predicted octanol–water partition coefficient (Wildman–Crippen LogP) is 8.67. The van der Waals surface area contributed by atoms with E-state index >= 15 is 0 Å². The average molecular weight is 587 g/mol. The molecule has 4 aliphatic carbocycles. The third-order valence-electron chi connectivity index (χ3n) is 8.87. The van der Waals surface area contributed by atoms with Crippen molar-refractivity contribution < 1.29 is 19.5 Å². The van der Waals surface area contributed by atoms with E-state index in [9.17, 15) is 19.5 Å². The molecule has 1 N–H and O–H groups in total. The molecule has 226 valence electrons. The van der Waals surface area contributed by atoms with Gasteiger partial charge < -0.3 is 5.11 Å². The fraction of sp³-hybridized carbons (Fsp3) is 0.325. The molecule has 1 unspecified atom stereocenters. The van der Waals surface area contributed by atoms with Crippen LogP contribution in [-0.2, 0) is 25.7 Å². The number of rotatable bonds is 0. The normalized spacial score (nSPS) is 17.8. The van der Waals surface area contributed by atoms with E-state index in [1.165, 1.54) is 36.8 Å². The zero-order valence-corrected chi connectivity index (χ0v) is 25.5. The van der Waals surface area contributed by atoms with Gasteiger partial charge >= 0.3 is 0 Å². The summed E-state index contributed by atoms with van der Waals surface area (Å²) in [7, 11) is 0. The number of fused-ring (bicyclic) bond motifs is 4. The molecule has 4 aromatic rings. The van der Waals surface area contributed by atoms with Gasteiger partial charge in [0, 0.05) is 36.0 Å². The summed E-state index contributed by atoms with van der Waals surface area (Å²) in [4.78, 5) is 33.8. The first-order valence-corrected chi connectivity index (χ1v) is 16.1. The second-order valence-corrected chi connectivity index (χ2v) is 11.9. The van der Waals surface area contributed by atoms with E-state index in [-0.39, 0.29) is 17.7 Å². The van der Waals surface area contributed by atoms with Crippen molar-refractivity contribution in [1.29, 1.82) is 0 Å². The van der Waals surface area contributed by atoms with Crippen LogP contribution in [-0.4, -0.2) is 22.5 Å². The van der Waals surface area contributed by atoms with E-state index in [0.717, 1.165) is 49.7 Å². The van der Waals surface area contributed by atoms with Crippen LogP contribution in [0.1, 0.15) is 116 Å². The molecule has 0 aliphatic heterocycles. The number of Topliss-reactive ketones (excluding diaryl/α,β-unsaturated/α-hetero) is 3. The Kier molecular flexibility index (Phi) is 11.0. The van der Waals surface area contributed by atoms with Gasteiger partial charge in [0.15, 0.2) is 17.3 Å². The molecule has 1 atom stereocenters. The minimum Gasteiger partial charge on any atom is -0.388 e. The molecule has 4 aliphatic rings. The molecule has 0 fully saturated rings. The lowest BCUT2D eigenvalue weighted by Crippen LogP contribution is -2.16. The number of aliphatic hydroxyl groups is 1. The zero-order valence-electron chi connectivity index (χ0n) is 25.5. The Morgan fingerprint density at radius 3 is 1.41 bits per heavy atom. The molecule has 44 heavy (non-hydrogen) atoms. The van der Waals surface area contributed by atoms with Gasteiger partial charge in [-0.1, -0.05) is 97.1 Å². The van der Waals surface area contributed by atoms with Crippen LogP contribution in [0.4, 0.5) is 0 Å². The zero-order chi connectivity index (χ0) is 30.7. The Bertz CT molecular complexity index is 1540. The van der Waals surface area contributed by atoms with Gasteiger partial charge in [-0.3, -0.25) is 14.4 Å².